The minimum atomic E-state index is -0.502. The third kappa shape index (κ3) is 4.33. The molecule has 2 atom stereocenters. The lowest BCUT2D eigenvalue weighted by atomic mass is 10.1. The summed E-state index contributed by atoms with van der Waals surface area (Å²) in [5.74, 6) is -0.549. The molecule has 1 aromatic rings. The molecule has 0 saturated carbocycles. The highest BCUT2D eigenvalue weighted by Crippen LogP contribution is 2.23. The zero-order chi connectivity index (χ0) is 15.4. The van der Waals surface area contributed by atoms with E-state index in [1.54, 1.807) is 12.1 Å². The standard InChI is InChI=1S/C14H18ClN3O3.ClH/c1-17-13(19)10-6-8(2-4-11(10)15)18-14(20)12-5-3-9(7-16)21-12;/h2,4,6,9,12H,3,5,7,16H2,1H3,(H,17,19)(H,18,20);1H/t9-,12+;/m1./s1. The summed E-state index contributed by atoms with van der Waals surface area (Å²) in [6.45, 7) is 0.408. The topological polar surface area (TPSA) is 93.5 Å². The number of nitrogens with one attached hydrogen (secondary N) is 2. The quantitative estimate of drug-likeness (QED) is 0.770. The molecule has 2 rings (SSSR count). The third-order valence-electron chi connectivity index (χ3n) is 3.37. The molecule has 6 nitrogen and oxygen atoms in total. The van der Waals surface area contributed by atoms with Crippen molar-refractivity contribution in [3.05, 3.63) is 28.8 Å². The number of hydrogen-bond acceptors (Lipinski definition) is 4. The van der Waals surface area contributed by atoms with Crippen LogP contribution in [0.25, 0.3) is 0 Å². The first kappa shape index (κ1) is 18.7. The van der Waals surface area contributed by atoms with Crippen LogP contribution in [-0.2, 0) is 9.53 Å². The minimum absolute atomic E-state index is 0. The summed E-state index contributed by atoms with van der Waals surface area (Å²) < 4.78 is 5.52. The molecule has 0 aliphatic carbocycles. The SMILES string of the molecule is CNC(=O)c1cc(NC(=O)[C@@H]2CC[C@H](CN)O2)ccc1Cl.Cl. The highest BCUT2D eigenvalue weighted by Gasteiger charge is 2.29. The van der Waals surface area contributed by atoms with Crippen LogP contribution in [0.1, 0.15) is 23.2 Å². The van der Waals surface area contributed by atoms with Crippen LogP contribution in [0.5, 0.6) is 0 Å². The molecule has 1 aromatic carbocycles. The van der Waals surface area contributed by atoms with Crippen LogP contribution in [0.2, 0.25) is 5.02 Å². The highest BCUT2D eigenvalue weighted by molar-refractivity contribution is 6.34. The van der Waals surface area contributed by atoms with Gasteiger partial charge >= 0.3 is 0 Å². The highest BCUT2D eigenvalue weighted by atomic mass is 35.5. The Morgan fingerprint density at radius 1 is 1.41 bits per heavy atom. The molecule has 0 radical (unpaired) electrons. The number of benzene rings is 1. The Bertz CT molecular complexity index is 554. The first-order valence-electron chi connectivity index (χ1n) is 6.73. The van der Waals surface area contributed by atoms with Crippen LogP contribution in [-0.4, -0.2) is 37.6 Å². The molecule has 1 saturated heterocycles. The van der Waals surface area contributed by atoms with Crippen LogP contribution < -0.4 is 16.4 Å². The predicted octanol–water partition coefficient (Wildman–Crippen LogP) is 1.57. The fourth-order valence-electron chi connectivity index (χ4n) is 2.21. The van der Waals surface area contributed by atoms with E-state index >= 15 is 0 Å². The molecule has 0 aromatic heterocycles. The second-order valence-electron chi connectivity index (χ2n) is 4.82. The van der Waals surface area contributed by atoms with E-state index in [0.29, 0.717) is 29.2 Å². The van der Waals surface area contributed by atoms with Gasteiger partial charge in [-0.25, -0.2) is 0 Å². The van der Waals surface area contributed by atoms with Crippen LogP contribution in [0.4, 0.5) is 5.69 Å². The first-order chi connectivity index (χ1) is 10.0. The van der Waals surface area contributed by atoms with Gasteiger partial charge in [0.15, 0.2) is 0 Å². The lowest BCUT2D eigenvalue weighted by Crippen LogP contribution is -2.30. The van der Waals surface area contributed by atoms with Crippen molar-refractivity contribution in [2.24, 2.45) is 5.73 Å². The Labute approximate surface area is 140 Å². The molecule has 1 fully saturated rings. The van der Waals surface area contributed by atoms with E-state index in [1.807, 2.05) is 0 Å². The van der Waals surface area contributed by atoms with Gasteiger partial charge in [0.25, 0.3) is 11.8 Å². The van der Waals surface area contributed by atoms with Gasteiger partial charge < -0.3 is 21.1 Å². The summed E-state index contributed by atoms with van der Waals surface area (Å²) in [7, 11) is 1.52. The molecule has 1 aliphatic rings. The van der Waals surface area contributed by atoms with E-state index in [-0.39, 0.29) is 30.3 Å². The van der Waals surface area contributed by atoms with Gasteiger partial charge in [-0.05, 0) is 31.0 Å². The van der Waals surface area contributed by atoms with Crippen molar-refractivity contribution in [1.82, 2.24) is 5.32 Å². The summed E-state index contributed by atoms with van der Waals surface area (Å²) in [4.78, 5) is 23.8. The van der Waals surface area contributed by atoms with Crippen molar-refractivity contribution in [3.8, 4) is 0 Å². The molecule has 122 valence electrons. The molecule has 0 bridgehead atoms. The van der Waals surface area contributed by atoms with Crippen LogP contribution in [0.15, 0.2) is 18.2 Å². The van der Waals surface area contributed by atoms with E-state index in [1.165, 1.54) is 13.1 Å². The zero-order valence-corrected chi connectivity index (χ0v) is 13.7. The first-order valence-corrected chi connectivity index (χ1v) is 7.11. The Kier molecular flexibility index (Phi) is 7.09. The number of ether oxygens (including phenoxy) is 1. The maximum Gasteiger partial charge on any atom is 0.253 e. The summed E-state index contributed by atoms with van der Waals surface area (Å²) >= 11 is 5.96. The molecule has 1 heterocycles. The largest absolute Gasteiger partial charge is 0.364 e. The molecular formula is C14H19Cl2N3O3. The van der Waals surface area contributed by atoms with E-state index in [4.69, 9.17) is 22.1 Å². The molecule has 0 unspecified atom stereocenters. The predicted molar refractivity (Wildman–Crippen MR) is 87.7 cm³/mol. The van der Waals surface area contributed by atoms with Gasteiger partial charge in [-0.2, -0.15) is 0 Å². The Balaban J connectivity index is 0.00000242. The molecular weight excluding hydrogens is 329 g/mol. The normalized spacial score (nSPS) is 20.1. The van der Waals surface area contributed by atoms with E-state index in [2.05, 4.69) is 10.6 Å². The average molecular weight is 348 g/mol. The van der Waals surface area contributed by atoms with Crippen molar-refractivity contribution in [2.75, 3.05) is 18.9 Å². The number of halogens is 2. The number of nitrogens with two attached hydrogens (primary N) is 1. The Morgan fingerprint density at radius 3 is 2.73 bits per heavy atom. The van der Waals surface area contributed by atoms with Crippen molar-refractivity contribution in [3.63, 3.8) is 0 Å². The summed E-state index contributed by atoms with van der Waals surface area (Å²) in [5.41, 5.74) is 6.33. The van der Waals surface area contributed by atoms with Crippen LogP contribution in [0, 0.1) is 0 Å². The van der Waals surface area contributed by atoms with Gasteiger partial charge in [0.05, 0.1) is 16.7 Å². The number of rotatable bonds is 4. The summed E-state index contributed by atoms with van der Waals surface area (Å²) in [5, 5.41) is 5.55. The lowest BCUT2D eigenvalue weighted by Gasteiger charge is -2.13. The number of carbonyl (C=O) groups excluding carboxylic acids is 2. The van der Waals surface area contributed by atoms with Gasteiger partial charge in [0, 0.05) is 19.3 Å². The van der Waals surface area contributed by atoms with Crippen LogP contribution >= 0.6 is 24.0 Å². The number of carbonyl (C=O) groups is 2. The zero-order valence-electron chi connectivity index (χ0n) is 12.1. The molecule has 1 aliphatic heterocycles. The van der Waals surface area contributed by atoms with Crippen molar-refractivity contribution >= 4 is 41.5 Å². The minimum Gasteiger partial charge on any atom is -0.364 e. The third-order valence-corrected chi connectivity index (χ3v) is 3.70. The maximum absolute atomic E-state index is 12.1. The fraction of sp³-hybridized carbons (Fsp3) is 0.429. The van der Waals surface area contributed by atoms with Gasteiger partial charge in [0.2, 0.25) is 0 Å². The van der Waals surface area contributed by atoms with Gasteiger partial charge in [-0.3, -0.25) is 9.59 Å². The second kappa shape index (κ2) is 8.33. The Hall–Kier alpha value is -1.34. The average Bonchev–Trinajstić information content (AvgIpc) is 2.97. The molecule has 22 heavy (non-hydrogen) atoms. The number of anilines is 1. The number of amides is 2. The summed E-state index contributed by atoms with van der Waals surface area (Å²) in [6, 6.07) is 4.75. The monoisotopic (exact) mass is 347 g/mol. The van der Waals surface area contributed by atoms with Crippen molar-refractivity contribution < 1.29 is 14.3 Å². The fourth-order valence-corrected chi connectivity index (χ4v) is 2.41. The smallest absolute Gasteiger partial charge is 0.253 e. The van der Waals surface area contributed by atoms with Gasteiger partial charge in [-0.1, -0.05) is 11.6 Å². The molecule has 8 heteroatoms. The van der Waals surface area contributed by atoms with E-state index in [9.17, 15) is 9.59 Å². The van der Waals surface area contributed by atoms with Crippen molar-refractivity contribution in [1.29, 1.82) is 0 Å². The lowest BCUT2D eigenvalue weighted by molar-refractivity contribution is -0.126. The van der Waals surface area contributed by atoms with Gasteiger partial charge in [0.1, 0.15) is 6.10 Å². The second-order valence-corrected chi connectivity index (χ2v) is 5.23. The van der Waals surface area contributed by atoms with E-state index in [0.717, 1.165) is 6.42 Å². The summed E-state index contributed by atoms with van der Waals surface area (Å²) in [6.07, 6.45) is 0.854. The van der Waals surface area contributed by atoms with E-state index < -0.39 is 6.10 Å². The molecule has 0 spiro atoms. The van der Waals surface area contributed by atoms with Crippen molar-refractivity contribution in [2.45, 2.75) is 25.0 Å². The van der Waals surface area contributed by atoms with Gasteiger partial charge in [-0.15, -0.1) is 12.4 Å². The molecule has 4 N–H and O–H groups in total. The maximum atomic E-state index is 12.1. The Morgan fingerprint density at radius 2 is 2.14 bits per heavy atom. The number of hydrogen-bond donors (Lipinski definition) is 3. The van der Waals surface area contributed by atoms with Crippen LogP contribution in [0.3, 0.4) is 0 Å². The molecule has 2 amide bonds.